The molecule has 0 aliphatic heterocycles. The predicted octanol–water partition coefficient (Wildman–Crippen LogP) is 7.19. The Kier molecular flexibility index (Phi) is 9.72. The number of halogens is 5. The number of ether oxygens (including phenoxy) is 2. The van der Waals surface area contributed by atoms with Crippen molar-refractivity contribution in [3.63, 3.8) is 0 Å². The zero-order chi connectivity index (χ0) is 20.8. The Balaban J connectivity index is 0.00000320. The van der Waals surface area contributed by atoms with Crippen LogP contribution in [0.3, 0.4) is 0 Å². The number of methoxy groups -OCH3 is 1. The van der Waals surface area contributed by atoms with Crippen LogP contribution in [0.25, 0.3) is 0 Å². The Labute approximate surface area is 200 Å². The smallest absolute Gasteiger partial charge is 0.175 e. The van der Waals surface area contributed by atoms with E-state index in [0.29, 0.717) is 34.6 Å². The molecule has 3 rings (SSSR count). The molecule has 0 aliphatic carbocycles. The van der Waals surface area contributed by atoms with Crippen LogP contribution in [-0.2, 0) is 19.7 Å². The highest BCUT2D eigenvalue weighted by molar-refractivity contribution is 9.10. The van der Waals surface area contributed by atoms with E-state index in [1.54, 1.807) is 31.4 Å². The van der Waals surface area contributed by atoms with Crippen LogP contribution in [0.2, 0.25) is 10.0 Å². The van der Waals surface area contributed by atoms with Gasteiger partial charge in [0.15, 0.2) is 11.5 Å². The standard InChI is InChI=1S/C22H19BrCl2FNO2.ClH/c1-28-21-9-15(12-27-11-14-2-6-18(26)7-3-14)8-19(23)22(21)29-13-16-4-5-17(24)10-20(16)25;/h2-10,27H,11-13H2,1H3;1H. The fourth-order valence-corrected chi connectivity index (χ4v) is 3.82. The number of benzene rings is 3. The minimum absolute atomic E-state index is 0. The number of hydrogen-bond acceptors (Lipinski definition) is 3. The van der Waals surface area contributed by atoms with Crippen LogP contribution in [0.4, 0.5) is 4.39 Å². The van der Waals surface area contributed by atoms with E-state index in [1.807, 2.05) is 18.2 Å². The van der Waals surface area contributed by atoms with Crippen molar-refractivity contribution in [2.45, 2.75) is 19.7 Å². The average Bonchev–Trinajstić information content (AvgIpc) is 2.69. The minimum Gasteiger partial charge on any atom is -0.493 e. The van der Waals surface area contributed by atoms with Gasteiger partial charge < -0.3 is 14.8 Å². The molecular weight excluding hydrogens is 516 g/mol. The summed E-state index contributed by atoms with van der Waals surface area (Å²) in [6, 6.07) is 15.6. The number of nitrogens with one attached hydrogen (secondary N) is 1. The van der Waals surface area contributed by atoms with Crippen molar-refractivity contribution in [2.75, 3.05) is 7.11 Å². The predicted molar refractivity (Wildman–Crippen MR) is 126 cm³/mol. The van der Waals surface area contributed by atoms with Crippen LogP contribution in [0.5, 0.6) is 11.5 Å². The molecule has 0 saturated heterocycles. The first-order valence-corrected chi connectivity index (χ1v) is 10.4. The van der Waals surface area contributed by atoms with Gasteiger partial charge in [0.2, 0.25) is 0 Å². The Morgan fingerprint density at radius 1 is 0.967 bits per heavy atom. The normalized spacial score (nSPS) is 10.4. The monoisotopic (exact) mass is 533 g/mol. The first-order chi connectivity index (χ1) is 14.0. The highest BCUT2D eigenvalue weighted by atomic mass is 79.9. The van der Waals surface area contributed by atoms with Crippen molar-refractivity contribution in [3.05, 3.63) is 91.6 Å². The van der Waals surface area contributed by atoms with Crippen LogP contribution in [-0.4, -0.2) is 7.11 Å². The van der Waals surface area contributed by atoms with Crippen molar-refractivity contribution in [2.24, 2.45) is 0 Å². The maximum Gasteiger partial charge on any atom is 0.175 e. The maximum atomic E-state index is 13.0. The third-order valence-corrected chi connectivity index (χ3v) is 5.42. The molecule has 0 atom stereocenters. The molecule has 0 saturated carbocycles. The largest absolute Gasteiger partial charge is 0.493 e. The molecule has 0 aliphatic rings. The molecule has 0 heterocycles. The van der Waals surface area contributed by atoms with Crippen molar-refractivity contribution >= 4 is 51.5 Å². The molecule has 0 aromatic heterocycles. The van der Waals surface area contributed by atoms with E-state index in [2.05, 4.69) is 21.2 Å². The lowest BCUT2D eigenvalue weighted by Gasteiger charge is -2.15. The summed E-state index contributed by atoms with van der Waals surface area (Å²) in [5, 5.41) is 4.47. The highest BCUT2D eigenvalue weighted by Crippen LogP contribution is 2.37. The van der Waals surface area contributed by atoms with Gasteiger partial charge in [0.1, 0.15) is 12.4 Å². The molecule has 0 bridgehead atoms. The molecule has 3 nitrogen and oxygen atoms in total. The Morgan fingerprint density at radius 2 is 1.67 bits per heavy atom. The molecule has 30 heavy (non-hydrogen) atoms. The summed E-state index contributed by atoms with van der Waals surface area (Å²) in [7, 11) is 1.60. The molecule has 0 fully saturated rings. The summed E-state index contributed by atoms with van der Waals surface area (Å²) in [5.41, 5.74) is 2.86. The molecule has 160 valence electrons. The third-order valence-electron chi connectivity index (χ3n) is 4.25. The second-order valence-corrected chi connectivity index (χ2v) is 8.06. The van der Waals surface area contributed by atoms with Gasteiger partial charge in [-0.2, -0.15) is 0 Å². The van der Waals surface area contributed by atoms with E-state index >= 15 is 0 Å². The molecule has 3 aromatic carbocycles. The fraction of sp³-hybridized carbons (Fsp3) is 0.182. The van der Waals surface area contributed by atoms with Crippen LogP contribution >= 0.6 is 51.5 Å². The quantitative estimate of drug-likeness (QED) is 0.331. The van der Waals surface area contributed by atoms with E-state index in [-0.39, 0.29) is 24.8 Å². The third kappa shape index (κ3) is 6.76. The first kappa shape index (κ1) is 24.8. The maximum absolute atomic E-state index is 13.0. The second-order valence-electron chi connectivity index (χ2n) is 6.36. The Morgan fingerprint density at radius 3 is 2.33 bits per heavy atom. The fourth-order valence-electron chi connectivity index (χ4n) is 2.76. The van der Waals surface area contributed by atoms with Crippen LogP contribution in [0.1, 0.15) is 16.7 Å². The van der Waals surface area contributed by atoms with Gasteiger partial charge >= 0.3 is 0 Å². The second kappa shape index (κ2) is 11.8. The Hall–Kier alpha value is -1.50. The van der Waals surface area contributed by atoms with Gasteiger partial charge in [0.25, 0.3) is 0 Å². The van der Waals surface area contributed by atoms with Crippen LogP contribution in [0.15, 0.2) is 59.1 Å². The summed E-state index contributed by atoms with van der Waals surface area (Å²) >= 11 is 15.7. The van der Waals surface area contributed by atoms with E-state index in [4.69, 9.17) is 32.7 Å². The van der Waals surface area contributed by atoms with Crippen molar-refractivity contribution in [1.82, 2.24) is 5.32 Å². The lowest BCUT2D eigenvalue weighted by atomic mass is 10.1. The number of hydrogen-bond donors (Lipinski definition) is 1. The summed E-state index contributed by atoms with van der Waals surface area (Å²) in [6.07, 6.45) is 0. The average molecular weight is 536 g/mol. The highest BCUT2D eigenvalue weighted by Gasteiger charge is 2.13. The molecular formula is C22H20BrCl3FNO2. The van der Waals surface area contributed by atoms with E-state index in [0.717, 1.165) is 21.2 Å². The van der Waals surface area contributed by atoms with Crippen molar-refractivity contribution < 1.29 is 13.9 Å². The first-order valence-electron chi connectivity index (χ1n) is 8.84. The van der Waals surface area contributed by atoms with Crippen LogP contribution in [0, 0.1) is 5.82 Å². The molecule has 3 aromatic rings. The molecule has 0 radical (unpaired) electrons. The molecule has 0 unspecified atom stereocenters. The zero-order valence-electron chi connectivity index (χ0n) is 16.1. The molecule has 0 spiro atoms. The number of rotatable bonds is 8. The topological polar surface area (TPSA) is 30.5 Å². The van der Waals surface area contributed by atoms with E-state index in [9.17, 15) is 4.39 Å². The molecule has 1 N–H and O–H groups in total. The lowest BCUT2D eigenvalue weighted by molar-refractivity contribution is 0.282. The zero-order valence-corrected chi connectivity index (χ0v) is 20.0. The SMILES string of the molecule is COc1cc(CNCc2ccc(F)cc2)cc(Br)c1OCc1ccc(Cl)cc1Cl.Cl. The van der Waals surface area contributed by atoms with Crippen LogP contribution < -0.4 is 14.8 Å². The van der Waals surface area contributed by atoms with E-state index in [1.165, 1.54) is 12.1 Å². The van der Waals surface area contributed by atoms with E-state index < -0.39 is 0 Å². The van der Waals surface area contributed by atoms with Gasteiger partial charge in [-0.25, -0.2) is 4.39 Å². The van der Waals surface area contributed by atoms with Crippen molar-refractivity contribution in [3.8, 4) is 11.5 Å². The minimum atomic E-state index is -0.238. The molecule has 8 heteroatoms. The summed E-state index contributed by atoms with van der Waals surface area (Å²) < 4.78 is 25.2. The van der Waals surface area contributed by atoms with Gasteiger partial charge in [-0.3, -0.25) is 0 Å². The van der Waals surface area contributed by atoms with Gasteiger partial charge in [0.05, 0.1) is 11.6 Å². The lowest BCUT2D eigenvalue weighted by Crippen LogP contribution is -2.13. The van der Waals surface area contributed by atoms with Gasteiger partial charge in [-0.15, -0.1) is 12.4 Å². The Bertz CT molecular complexity index is 987. The summed E-state index contributed by atoms with van der Waals surface area (Å²) in [5.74, 6) is 0.974. The summed E-state index contributed by atoms with van der Waals surface area (Å²) in [6.45, 7) is 1.54. The van der Waals surface area contributed by atoms with Gasteiger partial charge in [-0.1, -0.05) is 41.4 Å². The van der Waals surface area contributed by atoms with Gasteiger partial charge in [-0.05, 0) is 63.5 Å². The van der Waals surface area contributed by atoms with Crippen molar-refractivity contribution in [1.29, 1.82) is 0 Å². The molecule has 0 amide bonds. The summed E-state index contributed by atoms with van der Waals surface area (Å²) in [4.78, 5) is 0. The van der Waals surface area contributed by atoms with Gasteiger partial charge in [0, 0.05) is 28.7 Å².